The van der Waals surface area contributed by atoms with Gasteiger partial charge in [-0.25, -0.2) is 0 Å². The van der Waals surface area contributed by atoms with E-state index in [2.05, 4.69) is 0 Å². The molecule has 0 unspecified atom stereocenters. The van der Waals surface area contributed by atoms with E-state index in [-0.39, 0.29) is 11.8 Å². The number of aryl methyl sites for hydroxylation is 1. The van der Waals surface area contributed by atoms with Gasteiger partial charge in [0.15, 0.2) is 0 Å². The van der Waals surface area contributed by atoms with E-state index in [0.29, 0.717) is 11.1 Å². The Morgan fingerprint density at radius 2 is 1.69 bits per heavy atom. The van der Waals surface area contributed by atoms with E-state index < -0.39 is 0 Å². The maximum Gasteiger partial charge on any atom is 0.261 e. The first-order valence-corrected chi connectivity index (χ1v) is 5.76. The smallest absolute Gasteiger partial charge is 0.261 e. The number of carbonyl (C=O) groups is 2. The highest BCUT2D eigenvalue weighted by Gasteiger charge is 2.33. The third kappa shape index (κ3) is 1.08. The summed E-state index contributed by atoms with van der Waals surface area (Å²) in [6.45, 7) is 2.02. The van der Waals surface area contributed by atoms with Crippen molar-refractivity contribution in [3.05, 3.63) is 34.2 Å². The number of imide groups is 1. The van der Waals surface area contributed by atoms with Crippen LogP contribution >= 0.6 is 11.3 Å². The van der Waals surface area contributed by atoms with Crippen molar-refractivity contribution in [2.45, 2.75) is 6.92 Å². The van der Waals surface area contributed by atoms with Crippen LogP contribution in [-0.2, 0) is 0 Å². The van der Waals surface area contributed by atoms with Crippen LogP contribution in [0.3, 0.4) is 0 Å². The van der Waals surface area contributed by atoms with Gasteiger partial charge in [-0.2, -0.15) is 0 Å². The minimum Gasteiger partial charge on any atom is -0.277 e. The van der Waals surface area contributed by atoms with Crippen molar-refractivity contribution in [2.24, 2.45) is 0 Å². The van der Waals surface area contributed by atoms with E-state index in [1.165, 1.54) is 16.8 Å². The van der Waals surface area contributed by atoms with Gasteiger partial charge in [-0.1, -0.05) is 0 Å². The number of hydrogen-bond acceptors (Lipinski definition) is 3. The Kier molecular flexibility index (Phi) is 1.74. The zero-order valence-electron chi connectivity index (χ0n) is 8.90. The van der Waals surface area contributed by atoms with Crippen molar-refractivity contribution in [1.29, 1.82) is 0 Å². The van der Waals surface area contributed by atoms with Gasteiger partial charge in [0.1, 0.15) is 0 Å². The molecule has 1 aliphatic heterocycles. The van der Waals surface area contributed by atoms with Gasteiger partial charge in [-0.05, 0) is 30.5 Å². The minimum atomic E-state index is -0.203. The highest BCUT2D eigenvalue weighted by Crippen LogP contribution is 2.31. The zero-order valence-corrected chi connectivity index (χ0v) is 9.72. The molecule has 0 bridgehead atoms. The molecule has 0 saturated heterocycles. The topological polar surface area (TPSA) is 37.4 Å². The van der Waals surface area contributed by atoms with Gasteiger partial charge in [-0.3, -0.25) is 14.5 Å². The normalized spacial score (nSPS) is 15.0. The molecule has 80 valence electrons. The third-order valence-corrected chi connectivity index (χ3v) is 3.86. The number of carbonyl (C=O) groups excluding carboxylic acids is 2. The molecule has 1 aromatic carbocycles. The summed E-state index contributed by atoms with van der Waals surface area (Å²) in [6, 6.07) is 5.68. The molecule has 0 atom stereocenters. The number of fused-ring (bicyclic) bond motifs is 2. The Bertz CT molecular complexity index is 589. The molecule has 0 N–H and O–H groups in total. The lowest BCUT2D eigenvalue weighted by Crippen LogP contribution is -2.24. The summed E-state index contributed by atoms with van der Waals surface area (Å²) in [7, 11) is 1.52. The van der Waals surface area contributed by atoms with E-state index in [9.17, 15) is 9.59 Å². The van der Waals surface area contributed by atoms with Crippen LogP contribution in [0.4, 0.5) is 0 Å². The lowest BCUT2D eigenvalue weighted by atomic mass is 10.1. The fourth-order valence-corrected chi connectivity index (χ4v) is 2.97. The number of hydrogen-bond donors (Lipinski definition) is 0. The van der Waals surface area contributed by atoms with Gasteiger partial charge in [-0.15, -0.1) is 11.3 Å². The van der Waals surface area contributed by atoms with Crippen LogP contribution in [0.15, 0.2) is 18.2 Å². The molecule has 0 saturated carbocycles. The average Bonchev–Trinajstić information content (AvgIpc) is 2.70. The van der Waals surface area contributed by atoms with Gasteiger partial charge in [0.05, 0.1) is 11.1 Å². The summed E-state index contributed by atoms with van der Waals surface area (Å²) in [5.74, 6) is -0.404. The SMILES string of the molecule is Cc1cc2cc3c(cc2s1)C(=O)N(C)C3=O. The first kappa shape index (κ1) is 9.54. The Morgan fingerprint density at radius 1 is 1.06 bits per heavy atom. The van der Waals surface area contributed by atoms with Crippen molar-refractivity contribution in [3.8, 4) is 0 Å². The maximum absolute atomic E-state index is 11.8. The second-order valence-corrected chi connectivity index (χ2v) is 5.25. The lowest BCUT2D eigenvalue weighted by Gasteiger charge is -2.02. The molecule has 3 rings (SSSR count). The molecule has 0 fully saturated rings. The molecule has 16 heavy (non-hydrogen) atoms. The predicted molar refractivity (Wildman–Crippen MR) is 63.0 cm³/mol. The number of benzene rings is 1. The van der Waals surface area contributed by atoms with Crippen molar-refractivity contribution in [1.82, 2.24) is 4.90 Å². The monoisotopic (exact) mass is 231 g/mol. The van der Waals surface area contributed by atoms with Crippen molar-refractivity contribution in [2.75, 3.05) is 7.05 Å². The molecule has 1 aliphatic rings. The summed E-state index contributed by atoms with van der Waals surface area (Å²) in [6.07, 6.45) is 0. The van der Waals surface area contributed by atoms with E-state index in [4.69, 9.17) is 0 Å². The third-order valence-electron chi connectivity index (χ3n) is 2.85. The molecule has 0 radical (unpaired) electrons. The van der Waals surface area contributed by atoms with Crippen LogP contribution in [0.25, 0.3) is 10.1 Å². The van der Waals surface area contributed by atoms with Crippen molar-refractivity contribution in [3.63, 3.8) is 0 Å². The van der Waals surface area contributed by atoms with Crippen LogP contribution in [0, 0.1) is 6.92 Å². The van der Waals surface area contributed by atoms with Crippen LogP contribution < -0.4 is 0 Å². The quantitative estimate of drug-likeness (QED) is 0.653. The van der Waals surface area contributed by atoms with Gasteiger partial charge < -0.3 is 0 Å². The van der Waals surface area contributed by atoms with Gasteiger partial charge >= 0.3 is 0 Å². The van der Waals surface area contributed by atoms with Gasteiger partial charge in [0.2, 0.25) is 0 Å². The Labute approximate surface area is 96.3 Å². The van der Waals surface area contributed by atoms with Gasteiger partial charge in [0.25, 0.3) is 11.8 Å². The number of rotatable bonds is 0. The number of thiophene rings is 1. The fourth-order valence-electron chi connectivity index (χ4n) is 2.03. The lowest BCUT2D eigenvalue weighted by molar-refractivity contribution is 0.0693. The maximum atomic E-state index is 11.8. The van der Waals surface area contributed by atoms with E-state index >= 15 is 0 Å². The van der Waals surface area contributed by atoms with Crippen molar-refractivity contribution >= 4 is 33.2 Å². The van der Waals surface area contributed by atoms with Crippen LogP contribution in [0.1, 0.15) is 25.6 Å². The summed E-state index contributed by atoms with van der Waals surface area (Å²) in [5, 5.41) is 1.04. The second kappa shape index (κ2) is 2.92. The molecule has 0 aliphatic carbocycles. The highest BCUT2D eigenvalue weighted by molar-refractivity contribution is 7.19. The Balaban J connectivity index is 2.36. The van der Waals surface area contributed by atoms with Crippen molar-refractivity contribution < 1.29 is 9.59 Å². The highest BCUT2D eigenvalue weighted by atomic mass is 32.1. The average molecular weight is 231 g/mol. The molecule has 0 spiro atoms. The second-order valence-electron chi connectivity index (χ2n) is 3.96. The van der Waals surface area contributed by atoms with Crippen LogP contribution in [0.5, 0.6) is 0 Å². The Morgan fingerprint density at radius 3 is 2.38 bits per heavy atom. The molecule has 3 nitrogen and oxygen atoms in total. The summed E-state index contributed by atoms with van der Waals surface area (Å²) in [4.78, 5) is 25.9. The Hall–Kier alpha value is -1.68. The standard InChI is InChI=1S/C12H9NO2S/c1-6-3-7-4-8-9(5-10(7)16-6)12(15)13(2)11(8)14/h3-5H,1-2H3. The van der Waals surface area contributed by atoms with E-state index in [1.54, 1.807) is 11.3 Å². The van der Waals surface area contributed by atoms with Gasteiger partial charge in [0, 0.05) is 16.6 Å². The van der Waals surface area contributed by atoms with Crippen LogP contribution in [0.2, 0.25) is 0 Å². The minimum absolute atomic E-state index is 0.201. The van der Waals surface area contributed by atoms with E-state index in [1.807, 2.05) is 25.1 Å². The summed E-state index contributed by atoms with van der Waals surface area (Å²) in [5.41, 5.74) is 1.06. The largest absolute Gasteiger partial charge is 0.277 e. The van der Waals surface area contributed by atoms with E-state index in [0.717, 1.165) is 10.1 Å². The summed E-state index contributed by atoms with van der Waals surface area (Å²) >= 11 is 1.64. The number of nitrogens with zero attached hydrogens (tertiary/aromatic N) is 1. The molecular formula is C12H9NO2S. The molecule has 2 heterocycles. The molecule has 1 aromatic heterocycles. The molecular weight excluding hydrogens is 222 g/mol. The molecule has 2 aromatic rings. The molecule has 2 amide bonds. The summed E-state index contributed by atoms with van der Waals surface area (Å²) < 4.78 is 1.06. The first-order chi connectivity index (χ1) is 7.58. The fraction of sp³-hybridized carbons (Fsp3) is 0.167. The van der Waals surface area contributed by atoms with Crippen LogP contribution in [-0.4, -0.2) is 23.8 Å². The predicted octanol–water partition coefficient (Wildman–Crippen LogP) is 2.44. The molecule has 4 heteroatoms. The number of amides is 2. The first-order valence-electron chi connectivity index (χ1n) is 4.94. The zero-order chi connectivity index (χ0) is 11.4.